The Bertz CT molecular complexity index is 478. The van der Waals surface area contributed by atoms with Crippen molar-refractivity contribution in [3.05, 3.63) is 30.1 Å². The fourth-order valence-corrected chi connectivity index (χ4v) is 3.21. The number of aromatic nitrogens is 2. The number of nitrogens with one attached hydrogen (secondary N) is 1. The first kappa shape index (κ1) is 16.5. The third kappa shape index (κ3) is 4.87. The van der Waals surface area contributed by atoms with E-state index in [1.54, 1.807) is 6.20 Å². The summed E-state index contributed by atoms with van der Waals surface area (Å²) in [5.74, 6) is 7.50. The van der Waals surface area contributed by atoms with Crippen molar-refractivity contribution in [3.8, 4) is 0 Å². The number of H-pyrrole nitrogens is 1. The number of nitrogens with two attached hydrogens (primary N) is 2. The second-order valence-electron chi connectivity index (χ2n) is 5.97. The molecule has 5 N–H and O–H groups in total. The number of aromatic amines is 1. The molecule has 1 unspecified atom stereocenters. The van der Waals surface area contributed by atoms with E-state index in [0.717, 1.165) is 5.82 Å². The van der Waals surface area contributed by atoms with Gasteiger partial charge >= 0.3 is 0 Å². The van der Waals surface area contributed by atoms with E-state index in [-0.39, 0.29) is 11.8 Å². The van der Waals surface area contributed by atoms with Crippen LogP contribution in [0.4, 0.5) is 0 Å². The Kier molecular flexibility index (Phi) is 6.45. The number of rotatable bonds is 8. The van der Waals surface area contributed by atoms with Crippen molar-refractivity contribution in [2.45, 2.75) is 57.3 Å². The highest BCUT2D eigenvalue weighted by atomic mass is 16.6. The number of amides is 1. The van der Waals surface area contributed by atoms with Crippen LogP contribution in [0.1, 0.15) is 63.1 Å². The van der Waals surface area contributed by atoms with Crippen molar-refractivity contribution in [1.29, 1.82) is 0 Å². The monoisotopic (exact) mass is 306 g/mol. The molecule has 22 heavy (non-hydrogen) atoms. The lowest BCUT2D eigenvalue weighted by molar-refractivity contribution is -0.118. The molecule has 122 valence electrons. The number of hydrogen-bond donors (Lipinski definition) is 3. The predicted octanol–water partition coefficient (Wildman–Crippen LogP) is 2.50. The maximum atomic E-state index is 10.8. The van der Waals surface area contributed by atoms with Gasteiger partial charge < -0.3 is 15.6 Å². The first-order valence-corrected chi connectivity index (χ1v) is 8.05. The molecule has 1 aromatic rings. The topological polar surface area (TPSA) is 107 Å². The smallest absolute Gasteiger partial charge is 0.217 e. The summed E-state index contributed by atoms with van der Waals surface area (Å²) in [4.78, 5) is 23.5. The van der Waals surface area contributed by atoms with Crippen LogP contribution < -0.4 is 11.6 Å². The van der Waals surface area contributed by atoms with E-state index in [2.05, 4.69) is 16.0 Å². The quantitative estimate of drug-likeness (QED) is 0.506. The molecule has 1 atom stereocenters. The molecule has 1 saturated carbocycles. The number of allylic oxidation sites excluding steroid dienone is 2. The summed E-state index contributed by atoms with van der Waals surface area (Å²) in [6.07, 6.45) is 13.5. The molecule has 1 amide bonds. The molecular formula is C16H26N4O2. The van der Waals surface area contributed by atoms with Gasteiger partial charge in [0.25, 0.3) is 0 Å². The summed E-state index contributed by atoms with van der Waals surface area (Å²) in [7, 11) is 0. The molecule has 0 aromatic carbocycles. The number of hydrogen-bond acceptors (Lipinski definition) is 4. The van der Waals surface area contributed by atoms with Gasteiger partial charge in [0.05, 0.1) is 0 Å². The van der Waals surface area contributed by atoms with Crippen molar-refractivity contribution < 1.29 is 9.63 Å². The van der Waals surface area contributed by atoms with Crippen LogP contribution >= 0.6 is 0 Å². The van der Waals surface area contributed by atoms with Gasteiger partial charge in [-0.2, -0.15) is 5.90 Å². The number of nitrogens with zero attached hydrogens (tertiary/aromatic N) is 1. The van der Waals surface area contributed by atoms with Crippen molar-refractivity contribution in [2.24, 2.45) is 17.5 Å². The number of carbonyl (C=O) groups excluding carboxylic acids is 1. The van der Waals surface area contributed by atoms with Crippen LogP contribution in [0.15, 0.2) is 24.2 Å². The Morgan fingerprint density at radius 2 is 2.18 bits per heavy atom. The van der Waals surface area contributed by atoms with E-state index < -0.39 is 0 Å². The number of imidazole rings is 1. The second kappa shape index (κ2) is 8.58. The molecule has 1 aromatic heterocycles. The highest BCUT2D eigenvalue weighted by molar-refractivity contribution is 5.73. The van der Waals surface area contributed by atoms with E-state index in [4.69, 9.17) is 16.5 Å². The summed E-state index contributed by atoms with van der Waals surface area (Å²) < 4.78 is 0. The Balaban J connectivity index is 2.08. The third-order valence-electron chi connectivity index (χ3n) is 4.36. The first-order valence-electron chi connectivity index (χ1n) is 8.05. The Morgan fingerprint density at radius 1 is 1.41 bits per heavy atom. The highest BCUT2D eigenvalue weighted by Gasteiger charge is 2.26. The summed E-state index contributed by atoms with van der Waals surface area (Å²) in [5, 5.41) is 0. The summed E-state index contributed by atoms with van der Waals surface area (Å²) in [6.45, 7) is 0. The molecule has 1 aliphatic rings. The molecule has 0 bridgehead atoms. The minimum atomic E-state index is -0.300. The van der Waals surface area contributed by atoms with Gasteiger partial charge in [-0.05, 0) is 31.3 Å². The van der Waals surface area contributed by atoms with E-state index in [1.807, 2.05) is 6.20 Å². The van der Waals surface area contributed by atoms with Gasteiger partial charge in [0, 0.05) is 31.2 Å². The summed E-state index contributed by atoms with van der Waals surface area (Å²) >= 11 is 0. The average molecular weight is 306 g/mol. The van der Waals surface area contributed by atoms with Gasteiger partial charge in [-0.25, -0.2) is 4.98 Å². The van der Waals surface area contributed by atoms with Crippen molar-refractivity contribution >= 4 is 5.91 Å². The van der Waals surface area contributed by atoms with Crippen LogP contribution in [0.3, 0.4) is 0 Å². The Hall–Kier alpha value is -1.82. The second-order valence-corrected chi connectivity index (χ2v) is 5.97. The third-order valence-corrected chi connectivity index (χ3v) is 4.36. The van der Waals surface area contributed by atoms with Gasteiger partial charge in [0.15, 0.2) is 0 Å². The lowest BCUT2D eigenvalue weighted by Gasteiger charge is -2.27. The van der Waals surface area contributed by atoms with Crippen molar-refractivity contribution in [3.63, 3.8) is 0 Å². The molecule has 0 spiro atoms. The SMILES string of the molecule is NOC(=CC(c1ncc[nH]1)C1CCCCC1)CCCC(N)=O. The molecule has 0 saturated heterocycles. The van der Waals surface area contributed by atoms with Gasteiger partial charge in [0.1, 0.15) is 11.6 Å². The zero-order chi connectivity index (χ0) is 15.8. The molecule has 1 fully saturated rings. The van der Waals surface area contributed by atoms with Crippen LogP contribution in [-0.2, 0) is 9.63 Å². The maximum absolute atomic E-state index is 10.8. The normalized spacial score (nSPS) is 18.1. The maximum Gasteiger partial charge on any atom is 0.217 e. The van der Waals surface area contributed by atoms with Crippen LogP contribution in [0.2, 0.25) is 0 Å². The molecular weight excluding hydrogens is 280 g/mol. The van der Waals surface area contributed by atoms with Gasteiger partial charge in [-0.3, -0.25) is 4.79 Å². The molecule has 0 radical (unpaired) electrons. The highest BCUT2D eigenvalue weighted by Crippen LogP contribution is 2.36. The zero-order valence-corrected chi connectivity index (χ0v) is 13.0. The van der Waals surface area contributed by atoms with E-state index in [1.165, 1.54) is 32.1 Å². The fourth-order valence-electron chi connectivity index (χ4n) is 3.21. The average Bonchev–Trinajstić information content (AvgIpc) is 3.05. The minimum Gasteiger partial charge on any atom is -0.416 e. The Labute approximate surface area is 131 Å². The lowest BCUT2D eigenvalue weighted by Crippen LogP contribution is -2.17. The largest absolute Gasteiger partial charge is 0.416 e. The van der Waals surface area contributed by atoms with Gasteiger partial charge in [-0.1, -0.05) is 19.3 Å². The minimum absolute atomic E-state index is 0.183. The molecule has 2 rings (SSSR count). The van der Waals surface area contributed by atoms with E-state index >= 15 is 0 Å². The van der Waals surface area contributed by atoms with Crippen LogP contribution in [-0.4, -0.2) is 15.9 Å². The van der Waals surface area contributed by atoms with Crippen LogP contribution in [0, 0.1) is 5.92 Å². The van der Waals surface area contributed by atoms with Crippen molar-refractivity contribution in [1.82, 2.24) is 9.97 Å². The Morgan fingerprint density at radius 3 is 2.77 bits per heavy atom. The van der Waals surface area contributed by atoms with E-state index in [0.29, 0.717) is 30.9 Å². The zero-order valence-electron chi connectivity index (χ0n) is 13.0. The van der Waals surface area contributed by atoms with Gasteiger partial charge in [-0.15, -0.1) is 0 Å². The lowest BCUT2D eigenvalue weighted by atomic mass is 9.79. The van der Waals surface area contributed by atoms with Crippen molar-refractivity contribution in [2.75, 3.05) is 0 Å². The van der Waals surface area contributed by atoms with Crippen LogP contribution in [0.25, 0.3) is 0 Å². The molecule has 6 heteroatoms. The standard InChI is InChI=1S/C16H26N4O2/c17-15(21)8-4-7-13(22-18)11-14(16-19-9-10-20-16)12-5-2-1-3-6-12/h9-12,14H,1-8,18H2,(H2,17,21)(H,19,20). The summed E-state index contributed by atoms with van der Waals surface area (Å²) in [5.41, 5.74) is 5.17. The van der Waals surface area contributed by atoms with E-state index in [9.17, 15) is 4.79 Å². The summed E-state index contributed by atoms with van der Waals surface area (Å²) in [6, 6.07) is 0. The van der Waals surface area contributed by atoms with Crippen LogP contribution in [0.5, 0.6) is 0 Å². The first-order chi connectivity index (χ1) is 10.7. The number of primary amides is 1. The molecule has 0 aliphatic heterocycles. The fraction of sp³-hybridized carbons (Fsp3) is 0.625. The number of carbonyl (C=O) groups is 1. The molecule has 6 nitrogen and oxygen atoms in total. The molecule has 1 aliphatic carbocycles. The molecule has 1 heterocycles. The van der Waals surface area contributed by atoms with Gasteiger partial charge in [0.2, 0.25) is 5.91 Å². The predicted molar refractivity (Wildman–Crippen MR) is 84.3 cm³/mol.